The average Bonchev–Trinajstić information content (AvgIpc) is 2.52. The van der Waals surface area contributed by atoms with Crippen molar-refractivity contribution in [3.05, 3.63) is 60.2 Å². The lowest BCUT2D eigenvalue weighted by Gasteiger charge is -2.25. The first-order valence-corrected chi connectivity index (χ1v) is 7.68. The van der Waals surface area contributed by atoms with Gasteiger partial charge in [0.15, 0.2) is 0 Å². The molecule has 2 aromatic rings. The maximum Gasteiger partial charge on any atom is 0.119 e. The van der Waals surface area contributed by atoms with Crippen LogP contribution in [-0.2, 0) is 5.54 Å². The summed E-state index contributed by atoms with van der Waals surface area (Å²) in [5, 5.41) is 2.21. The summed E-state index contributed by atoms with van der Waals surface area (Å²) < 4.78 is 15.9. The summed E-state index contributed by atoms with van der Waals surface area (Å²) in [6, 6.07) is 14.2. The molecule has 0 aliphatic rings. The monoisotopic (exact) mass is 293 g/mol. The molecular formula is C21H25N. The van der Waals surface area contributed by atoms with Crippen molar-refractivity contribution >= 4 is 10.8 Å². The zero-order valence-electron chi connectivity index (χ0n) is 15.9. The molecule has 0 fully saturated rings. The third kappa shape index (κ3) is 4.23. The Hall–Kier alpha value is -2.04. The van der Waals surface area contributed by atoms with E-state index in [1.165, 1.54) is 0 Å². The van der Waals surface area contributed by atoms with E-state index in [4.69, 9.17) is 2.82 Å². The van der Waals surface area contributed by atoms with E-state index in [9.17, 15) is 0 Å². The topological polar surface area (TPSA) is 26.0 Å². The molecule has 2 N–H and O–H groups in total. The highest BCUT2D eigenvalue weighted by molar-refractivity contribution is 5.86. The molecule has 0 aliphatic carbocycles. The van der Waals surface area contributed by atoms with Crippen LogP contribution in [0.5, 0.6) is 0 Å². The molecule has 0 bridgehead atoms. The Bertz CT molecular complexity index is 785. The molecule has 0 saturated carbocycles. The summed E-state index contributed by atoms with van der Waals surface area (Å²) in [7, 11) is 0. The standard InChI is InChI=1S/C21H25N/c1-20(2,3)15-8-5-9-16-21(4,22)19-14-10-12-17-11-6-7-13-18(17)19/h5-7,9-14H,16,22H2,1-4H3/b9-5+/i/hD2. The maximum absolute atomic E-state index is 7.95. The van der Waals surface area contributed by atoms with Gasteiger partial charge in [-0.1, -0.05) is 60.4 Å². The van der Waals surface area contributed by atoms with Gasteiger partial charge in [-0.3, -0.25) is 0 Å². The van der Waals surface area contributed by atoms with Gasteiger partial charge in [0, 0.05) is 11.0 Å². The highest BCUT2D eigenvalue weighted by Gasteiger charge is 2.21. The molecule has 0 saturated heterocycles. The third-order valence-electron chi connectivity index (χ3n) is 3.53. The molecule has 1 unspecified atom stereocenters. The zero-order chi connectivity index (χ0) is 17.8. The first-order chi connectivity index (χ1) is 11.2. The van der Waals surface area contributed by atoms with Crippen molar-refractivity contribution < 1.29 is 2.82 Å². The van der Waals surface area contributed by atoms with E-state index in [1.807, 2.05) is 43.3 Å². The smallest absolute Gasteiger partial charge is 0.119 e. The Labute approximate surface area is 137 Å². The van der Waals surface area contributed by atoms with Crippen molar-refractivity contribution in [1.29, 1.82) is 0 Å². The van der Waals surface area contributed by atoms with Crippen LogP contribution in [-0.4, -0.2) is 0 Å². The van der Waals surface area contributed by atoms with E-state index in [2.05, 4.69) is 50.8 Å². The van der Waals surface area contributed by atoms with Crippen molar-refractivity contribution in [2.24, 2.45) is 11.1 Å². The van der Waals surface area contributed by atoms with Gasteiger partial charge in [-0.05, 0) is 56.5 Å². The Morgan fingerprint density at radius 2 is 1.82 bits per heavy atom. The normalized spacial score (nSPS) is 16.0. The van der Waals surface area contributed by atoms with Crippen LogP contribution in [0.2, 0.25) is 2.82 Å². The van der Waals surface area contributed by atoms with Crippen molar-refractivity contribution in [2.45, 2.75) is 39.7 Å². The molecule has 2 rings (SSSR count). The first-order valence-electron chi connectivity index (χ1n) is 8.57. The fourth-order valence-electron chi connectivity index (χ4n) is 2.41. The Morgan fingerprint density at radius 3 is 2.55 bits per heavy atom. The second kappa shape index (κ2) is 6.38. The van der Waals surface area contributed by atoms with E-state index < -0.39 is 5.54 Å². The van der Waals surface area contributed by atoms with Gasteiger partial charge in [0.1, 0.15) is 2.82 Å². The van der Waals surface area contributed by atoms with Crippen molar-refractivity contribution in [3.63, 3.8) is 0 Å². The zero-order valence-corrected chi connectivity index (χ0v) is 13.9. The van der Waals surface area contributed by atoms with Gasteiger partial charge in [0.2, 0.25) is 0 Å². The van der Waals surface area contributed by atoms with Crippen LogP contribution in [0.4, 0.5) is 0 Å². The lowest BCUT2D eigenvalue weighted by Crippen LogP contribution is -2.32. The van der Waals surface area contributed by atoms with Gasteiger partial charge < -0.3 is 5.72 Å². The number of hydrogen-bond donors (Lipinski definition) is 1. The molecule has 22 heavy (non-hydrogen) atoms. The SMILES string of the molecule is [2H]N([2H])C(C)(C/C=C/C#CC(C)(C)C)c1cccc2ccccc12. The van der Waals surface area contributed by atoms with Crippen LogP contribution < -0.4 is 5.72 Å². The molecule has 1 heteroatoms. The van der Waals surface area contributed by atoms with Crippen LogP contribution in [0.1, 0.15) is 39.7 Å². The molecule has 1 atom stereocenters. The minimum absolute atomic E-state index is 0.0276. The Kier molecular flexibility index (Phi) is 3.95. The third-order valence-corrected chi connectivity index (χ3v) is 3.53. The van der Waals surface area contributed by atoms with Gasteiger partial charge in [-0.2, -0.15) is 0 Å². The van der Waals surface area contributed by atoms with E-state index in [1.54, 1.807) is 0 Å². The van der Waals surface area contributed by atoms with Gasteiger partial charge in [0.05, 0.1) is 0 Å². The Morgan fingerprint density at radius 1 is 1.09 bits per heavy atom. The lowest BCUT2D eigenvalue weighted by molar-refractivity contribution is 0.506. The molecule has 0 aliphatic heterocycles. The van der Waals surface area contributed by atoms with Gasteiger partial charge >= 0.3 is 0 Å². The largest absolute Gasteiger partial charge is 0.321 e. The van der Waals surface area contributed by atoms with Crippen molar-refractivity contribution in [1.82, 2.24) is 0 Å². The molecular weight excluding hydrogens is 266 g/mol. The molecule has 0 radical (unpaired) electrons. The summed E-state index contributed by atoms with van der Waals surface area (Å²) in [5.74, 6) is 6.22. The lowest BCUT2D eigenvalue weighted by atomic mass is 9.86. The quantitative estimate of drug-likeness (QED) is 0.788. The van der Waals surface area contributed by atoms with E-state index >= 15 is 0 Å². The minimum Gasteiger partial charge on any atom is -0.321 e. The van der Waals surface area contributed by atoms with E-state index in [0.29, 0.717) is 6.42 Å². The molecule has 0 heterocycles. The summed E-state index contributed by atoms with van der Waals surface area (Å²) in [6.45, 7) is 8.15. The number of benzene rings is 2. The molecule has 114 valence electrons. The van der Waals surface area contributed by atoms with Gasteiger partial charge in [-0.25, -0.2) is 0 Å². The highest BCUT2D eigenvalue weighted by atomic mass is 14.7. The van der Waals surface area contributed by atoms with Crippen molar-refractivity contribution in [3.8, 4) is 11.8 Å². The second-order valence-electron chi connectivity index (χ2n) is 6.93. The van der Waals surface area contributed by atoms with Crippen LogP contribution in [0.25, 0.3) is 10.8 Å². The van der Waals surface area contributed by atoms with Crippen molar-refractivity contribution in [2.75, 3.05) is 0 Å². The summed E-state index contributed by atoms with van der Waals surface area (Å²) >= 11 is 0. The number of nitrogens with two attached hydrogens (primary N) is 1. The molecule has 0 aromatic heterocycles. The minimum atomic E-state index is -0.735. The number of rotatable bonds is 4. The molecule has 0 amide bonds. The van der Waals surface area contributed by atoms with E-state index in [0.717, 1.165) is 22.1 Å². The molecule has 2 aromatic carbocycles. The predicted molar refractivity (Wildman–Crippen MR) is 96.5 cm³/mol. The second-order valence-corrected chi connectivity index (χ2v) is 6.93. The average molecular weight is 293 g/mol. The highest BCUT2D eigenvalue weighted by Crippen LogP contribution is 2.29. The fraction of sp³-hybridized carbons (Fsp3) is 0.333. The van der Waals surface area contributed by atoms with Crippen LogP contribution >= 0.6 is 0 Å². The Balaban J connectivity index is 2.36. The summed E-state index contributed by atoms with van der Waals surface area (Å²) in [4.78, 5) is 0. The molecule has 1 nitrogen and oxygen atoms in total. The number of allylic oxidation sites excluding steroid dienone is 1. The van der Waals surface area contributed by atoms with E-state index in [-0.39, 0.29) is 5.41 Å². The van der Waals surface area contributed by atoms with Crippen LogP contribution in [0, 0.1) is 17.3 Å². The number of hydrogen-bond acceptors (Lipinski definition) is 1. The maximum atomic E-state index is 7.95. The first kappa shape index (κ1) is 13.6. The summed E-state index contributed by atoms with van der Waals surface area (Å²) in [5.41, 5.74) is 1.02. The van der Waals surface area contributed by atoms with Gasteiger partial charge in [0.25, 0.3) is 0 Å². The van der Waals surface area contributed by atoms with Crippen LogP contribution in [0.15, 0.2) is 54.6 Å². The van der Waals surface area contributed by atoms with Crippen LogP contribution in [0.3, 0.4) is 0 Å². The summed E-state index contributed by atoms with van der Waals surface area (Å²) in [6.07, 6.45) is 4.33. The number of fused-ring (bicyclic) bond motifs is 1. The predicted octanol–water partition coefficient (Wildman–Crippen LogP) is 5.01. The molecule has 0 spiro atoms. The fourth-order valence-corrected chi connectivity index (χ4v) is 2.41. The van der Waals surface area contributed by atoms with Gasteiger partial charge in [-0.15, -0.1) is 0 Å².